The van der Waals surface area contributed by atoms with Gasteiger partial charge in [0.2, 0.25) is 11.8 Å². The number of carbonyl (C=O) groups is 4. The Bertz CT molecular complexity index is 1370. The van der Waals surface area contributed by atoms with Crippen molar-refractivity contribution < 1.29 is 43.6 Å². The highest BCUT2D eigenvalue weighted by atomic mass is 16.6. The van der Waals surface area contributed by atoms with E-state index in [0.29, 0.717) is 50.9 Å². The van der Waals surface area contributed by atoms with E-state index in [1.807, 2.05) is 13.1 Å². The van der Waals surface area contributed by atoms with Crippen molar-refractivity contribution in [3.8, 4) is 11.5 Å². The van der Waals surface area contributed by atoms with E-state index >= 15 is 0 Å². The summed E-state index contributed by atoms with van der Waals surface area (Å²) in [4.78, 5) is 51.7. The van der Waals surface area contributed by atoms with Crippen molar-refractivity contribution in [3.05, 3.63) is 35.1 Å². The second-order valence-corrected chi connectivity index (χ2v) is 12.2. The lowest BCUT2D eigenvalue weighted by Gasteiger charge is -2.61. The van der Waals surface area contributed by atoms with Crippen LogP contribution in [0.3, 0.4) is 0 Å². The number of phenols is 1. The third-order valence-electron chi connectivity index (χ3n) is 9.48. The first-order valence-electron chi connectivity index (χ1n) is 15.2. The molecule has 0 radical (unpaired) electrons. The van der Waals surface area contributed by atoms with Gasteiger partial charge in [0.05, 0.1) is 17.4 Å². The number of nitrogens with two attached hydrogens (primary N) is 1. The first-order chi connectivity index (χ1) is 20.9. The zero-order chi connectivity index (χ0) is 31.8. The van der Waals surface area contributed by atoms with Gasteiger partial charge in [0.1, 0.15) is 11.8 Å². The highest BCUT2D eigenvalue weighted by Crippen LogP contribution is 2.65. The van der Waals surface area contributed by atoms with E-state index in [0.717, 1.165) is 11.1 Å². The number of piperidine rings is 1. The summed E-state index contributed by atoms with van der Waals surface area (Å²) in [6.45, 7) is 3.83. The smallest absolute Gasteiger partial charge is 0.352 e. The Labute approximate surface area is 256 Å². The molecule has 6 N–H and O–H groups in total. The van der Waals surface area contributed by atoms with Gasteiger partial charge in [-0.25, -0.2) is 4.79 Å². The summed E-state index contributed by atoms with van der Waals surface area (Å²) < 4.78 is 17.3. The second kappa shape index (κ2) is 12.4. The van der Waals surface area contributed by atoms with Crippen LogP contribution < -0.4 is 21.1 Å². The van der Waals surface area contributed by atoms with Gasteiger partial charge in [-0.2, -0.15) is 0 Å². The Morgan fingerprint density at radius 1 is 1.25 bits per heavy atom. The summed E-state index contributed by atoms with van der Waals surface area (Å²) in [5.41, 5.74) is 5.16. The monoisotopic (exact) mass is 614 g/mol. The molecule has 1 fully saturated rings. The number of amides is 2. The Hall–Kier alpha value is -3.68. The lowest BCUT2D eigenvalue weighted by atomic mass is 9.50. The first-order valence-corrected chi connectivity index (χ1v) is 15.2. The Morgan fingerprint density at radius 3 is 2.75 bits per heavy atom. The Balaban J connectivity index is 1.20. The van der Waals surface area contributed by atoms with Gasteiger partial charge in [-0.3, -0.25) is 14.4 Å². The van der Waals surface area contributed by atoms with Gasteiger partial charge in [0, 0.05) is 31.5 Å². The number of nitrogens with zero attached hydrogens (tertiary/aromatic N) is 1. The molecule has 2 heterocycles. The SMILES string of the molecule is CC(=O)N[C@@H](CCCCN)C(=O)NCCC(=O)O[C@@H](C)C(=O)OC1=CC[C@@]2(O)[C@@H]3Cc4ccc(O)c5c4[C@@]2(CCN3C)[C@H]1O5. The molecular formula is C31H42N4O9. The minimum atomic E-state index is -1.26. The molecule has 13 heteroatoms. The molecule has 240 valence electrons. The fraction of sp³-hybridized carbons (Fsp3) is 0.613. The number of benzene rings is 1. The van der Waals surface area contributed by atoms with Gasteiger partial charge in [0.15, 0.2) is 23.7 Å². The van der Waals surface area contributed by atoms with Crippen LogP contribution in [0.2, 0.25) is 0 Å². The van der Waals surface area contributed by atoms with Crippen LogP contribution in [0, 0.1) is 0 Å². The molecule has 0 unspecified atom stereocenters. The van der Waals surface area contributed by atoms with Crippen LogP contribution >= 0.6 is 0 Å². The zero-order valence-corrected chi connectivity index (χ0v) is 25.4. The fourth-order valence-corrected chi connectivity index (χ4v) is 7.36. The van der Waals surface area contributed by atoms with Gasteiger partial charge in [0.25, 0.3) is 0 Å². The van der Waals surface area contributed by atoms with E-state index in [4.69, 9.17) is 19.9 Å². The van der Waals surface area contributed by atoms with E-state index in [1.54, 1.807) is 12.1 Å². The molecule has 1 aromatic carbocycles. The molecule has 2 amide bonds. The highest BCUT2D eigenvalue weighted by Gasteiger charge is 2.72. The first kappa shape index (κ1) is 31.7. The maximum absolute atomic E-state index is 13.1. The van der Waals surface area contributed by atoms with Crippen molar-refractivity contribution in [3.63, 3.8) is 0 Å². The van der Waals surface area contributed by atoms with Crippen molar-refractivity contribution in [2.24, 2.45) is 5.73 Å². The molecule has 1 saturated heterocycles. The van der Waals surface area contributed by atoms with Gasteiger partial charge in [-0.1, -0.05) is 6.07 Å². The predicted octanol–water partition coefficient (Wildman–Crippen LogP) is 0.285. The van der Waals surface area contributed by atoms with Gasteiger partial charge in [-0.05, 0) is 76.9 Å². The number of rotatable bonds is 12. The molecule has 2 aliphatic carbocycles. The third kappa shape index (κ3) is 5.41. The number of nitrogens with one attached hydrogen (secondary N) is 2. The minimum absolute atomic E-state index is 0.0359. The van der Waals surface area contributed by atoms with E-state index in [2.05, 4.69) is 15.5 Å². The van der Waals surface area contributed by atoms with Crippen molar-refractivity contribution in [1.82, 2.24) is 15.5 Å². The predicted molar refractivity (Wildman–Crippen MR) is 156 cm³/mol. The molecule has 1 spiro atoms. The summed E-state index contributed by atoms with van der Waals surface area (Å²) in [7, 11) is 1.98. The molecule has 0 saturated carbocycles. The fourth-order valence-electron chi connectivity index (χ4n) is 7.36. The summed E-state index contributed by atoms with van der Waals surface area (Å²) >= 11 is 0. The van der Waals surface area contributed by atoms with Crippen molar-refractivity contribution in [2.45, 2.75) is 94.1 Å². The lowest BCUT2D eigenvalue weighted by Crippen LogP contribution is -2.74. The van der Waals surface area contributed by atoms with Crippen molar-refractivity contribution in [2.75, 3.05) is 26.7 Å². The summed E-state index contributed by atoms with van der Waals surface area (Å²) in [5.74, 6) is -1.82. The van der Waals surface area contributed by atoms with Crippen LogP contribution in [0.1, 0.15) is 63.5 Å². The quantitative estimate of drug-likeness (QED) is 0.161. The summed E-state index contributed by atoms with van der Waals surface area (Å²) in [5, 5.41) is 28.1. The van der Waals surface area contributed by atoms with Gasteiger partial charge < -0.3 is 45.7 Å². The summed E-state index contributed by atoms with van der Waals surface area (Å²) in [6, 6.07) is 2.53. The highest BCUT2D eigenvalue weighted by molar-refractivity contribution is 5.87. The van der Waals surface area contributed by atoms with Crippen LogP contribution in [0.4, 0.5) is 0 Å². The average Bonchev–Trinajstić information content (AvgIpc) is 3.33. The standard InChI is InChI=1S/C31H42N4O9/c1-17(42-24(38)10-14-33-28(39)20(34-18(2)36)6-4-5-13-32)29(40)43-22-9-11-31(41)23-16-19-7-8-21(37)26-25(19)30(31,27(22)44-26)12-15-35(23)3/h7-9,17,20,23,27,37,41H,4-6,10-16,32H2,1-3H3,(H,33,39)(H,34,36)/t17-,20-,23-,27-,30-,31+/m0/s1. The largest absolute Gasteiger partial charge is 0.504 e. The number of carbonyl (C=O) groups excluding carboxylic acids is 4. The van der Waals surface area contributed by atoms with Crippen LogP contribution in [0.25, 0.3) is 0 Å². The van der Waals surface area contributed by atoms with Gasteiger partial charge in [-0.15, -0.1) is 0 Å². The number of likely N-dealkylation sites (tertiary alicyclic amines) is 1. The van der Waals surface area contributed by atoms with Crippen LogP contribution in [0.15, 0.2) is 24.0 Å². The number of esters is 2. The van der Waals surface area contributed by atoms with E-state index < -0.39 is 47.1 Å². The molecule has 2 bridgehead atoms. The molecule has 2 aliphatic heterocycles. The molecule has 1 aromatic rings. The molecule has 13 nitrogen and oxygen atoms in total. The number of hydrogen-bond donors (Lipinski definition) is 5. The molecule has 4 aliphatic rings. The van der Waals surface area contributed by atoms with Crippen molar-refractivity contribution in [1.29, 1.82) is 0 Å². The molecular weight excluding hydrogens is 572 g/mol. The van der Waals surface area contributed by atoms with Gasteiger partial charge >= 0.3 is 11.9 Å². The zero-order valence-electron chi connectivity index (χ0n) is 25.4. The number of hydrogen-bond acceptors (Lipinski definition) is 11. The normalized spacial score (nSPS) is 27.6. The lowest BCUT2D eigenvalue weighted by molar-refractivity contribution is -0.175. The molecule has 44 heavy (non-hydrogen) atoms. The molecule has 0 aromatic heterocycles. The topological polar surface area (TPSA) is 190 Å². The number of aromatic hydroxyl groups is 1. The Morgan fingerprint density at radius 2 is 2.02 bits per heavy atom. The van der Waals surface area contributed by atoms with E-state index in [-0.39, 0.29) is 42.8 Å². The minimum Gasteiger partial charge on any atom is -0.504 e. The van der Waals surface area contributed by atoms with E-state index in [9.17, 15) is 29.4 Å². The number of likely N-dealkylation sites (N-methyl/N-ethyl adjacent to an activating group) is 1. The molecule has 5 rings (SSSR count). The van der Waals surface area contributed by atoms with Crippen LogP contribution in [-0.4, -0.2) is 95.4 Å². The van der Waals surface area contributed by atoms with E-state index in [1.165, 1.54) is 13.8 Å². The third-order valence-corrected chi connectivity index (χ3v) is 9.48. The number of phenolic OH excluding ortho intramolecular Hbond substituents is 1. The number of aliphatic hydroxyl groups is 1. The average molecular weight is 615 g/mol. The maximum atomic E-state index is 13.1. The molecule has 6 atom stereocenters. The Kier molecular flexibility index (Phi) is 8.92. The van der Waals surface area contributed by atoms with Crippen molar-refractivity contribution >= 4 is 23.8 Å². The number of ether oxygens (including phenoxy) is 3. The number of unbranched alkanes of at least 4 members (excludes halogenated alkanes) is 1. The summed E-state index contributed by atoms with van der Waals surface area (Å²) in [6.07, 6.45) is 2.50. The van der Waals surface area contributed by atoms with Crippen LogP contribution in [0.5, 0.6) is 11.5 Å². The maximum Gasteiger partial charge on any atom is 0.352 e. The van der Waals surface area contributed by atoms with Crippen LogP contribution in [-0.2, 0) is 40.5 Å². The second-order valence-electron chi connectivity index (χ2n) is 12.2.